The molecule has 0 amide bonds. The van der Waals surface area contributed by atoms with Crippen LogP contribution in [0.25, 0.3) is 0 Å². The molecule has 0 saturated heterocycles. The molecule has 0 fully saturated rings. The van der Waals surface area contributed by atoms with Crippen molar-refractivity contribution in [1.82, 2.24) is 10.3 Å². The van der Waals surface area contributed by atoms with Crippen LogP contribution in [0.5, 0.6) is 0 Å². The topological polar surface area (TPSA) is 28.2 Å². The van der Waals surface area contributed by atoms with E-state index < -0.39 is 0 Å². The summed E-state index contributed by atoms with van der Waals surface area (Å²) in [5.74, 6) is 0.526. The van der Waals surface area contributed by atoms with Crippen LogP contribution in [-0.4, -0.2) is 18.6 Å². The molecule has 0 aliphatic carbocycles. The smallest absolute Gasteiger partial charge is 0.146 e. The molecule has 1 aromatic heterocycles. The van der Waals surface area contributed by atoms with Gasteiger partial charge in [0.2, 0.25) is 0 Å². The molecule has 0 aliphatic rings. The van der Waals surface area contributed by atoms with Crippen LogP contribution in [-0.2, 0) is 6.54 Å². The molecule has 2 rings (SSSR count). The van der Waals surface area contributed by atoms with E-state index in [-0.39, 0.29) is 5.82 Å². The predicted molar refractivity (Wildman–Crippen MR) is 76.1 cm³/mol. The number of nitrogens with one attached hydrogen (secondary N) is 1. The average Bonchev–Trinajstić information content (AvgIpc) is 2.45. The van der Waals surface area contributed by atoms with Crippen molar-refractivity contribution < 1.29 is 4.39 Å². The summed E-state index contributed by atoms with van der Waals surface area (Å²) in [7, 11) is 1.83. The molecular formula is C15H18FN3. The highest BCUT2D eigenvalue weighted by Gasteiger charge is 2.13. The predicted octanol–water partition coefficient (Wildman–Crippen LogP) is 3.10. The summed E-state index contributed by atoms with van der Waals surface area (Å²) < 4.78 is 13.8. The molecule has 0 bridgehead atoms. The highest BCUT2D eigenvalue weighted by molar-refractivity contribution is 5.62. The number of aromatic nitrogens is 1. The molecule has 2 aromatic rings. The zero-order chi connectivity index (χ0) is 13.7. The normalized spacial score (nSPS) is 10.5. The summed E-state index contributed by atoms with van der Waals surface area (Å²) in [6.07, 6.45) is 1.72. The Balaban J connectivity index is 2.33. The SMILES string of the molecule is CCNCc1cccnc1N(C)c1ccccc1F. The zero-order valence-corrected chi connectivity index (χ0v) is 11.2. The van der Waals surface area contributed by atoms with Crippen LogP contribution in [0, 0.1) is 5.82 Å². The maximum Gasteiger partial charge on any atom is 0.146 e. The quantitative estimate of drug-likeness (QED) is 0.894. The standard InChI is InChI=1S/C15H18FN3/c1-3-17-11-12-7-6-10-18-15(12)19(2)14-9-5-4-8-13(14)16/h4-10,17H,3,11H2,1-2H3. The Labute approximate surface area is 113 Å². The third kappa shape index (κ3) is 3.09. The minimum atomic E-state index is -0.245. The third-order valence-electron chi connectivity index (χ3n) is 2.96. The lowest BCUT2D eigenvalue weighted by Crippen LogP contribution is -2.18. The number of halogens is 1. The highest BCUT2D eigenvalue weighted by atomic mass is 19.1. The number of para-hydroxylation sites is 1. The summed E-state index contributed by atoms with van der Waals surface area (Å²) in [6, 6.07) is 10.6. The summed E-state index contributed by atoms with van der Waals surface area (Å²) >= 11 is 0. The second-order valence-corrected chi connectivity index (χ2v) is 4.28. The lowest BCUT2D eigenvalue weighted by molar-refractivity contribution is 0.627. The molecule has 0 saturated carbocycles. The fourth-order valence-corrected chi connectivity index (χ4v) is 1.97. The Hall–Kier alpha value is -1.94. The summed E-state index contributed by atoms with van der Waals surface area (Å²) in [5.41, 5.74) is 1.58. The largest absolute Gasteiger partial charge is 0.327 e. The van der Waals surface area contributed by atoms with E-state index in [0.29, 0.717) is 5.69 Å². The molecule has 0 atom stereocenters. The van der Waals surface area contributed by atoms with E-state index in [9.17, 15) is 4.39 Å². The lowest BCUT2D eigenvalue weighted by Gasteiger charge is -2.21. The van der Waals surface area contributed by atoms with Gasteiger partial charge in [-0.3, -0.25) is 0 Å². The van der Waals surface area contributed by atoms with Crippen molar-refractivity contribution in [3.05, 3.63) is 54.0 Å². The Morgan fingerprint density at radius 3 is 2.74 bits per heavy atom. The molecule has 19 heavy (non-hydrogen) atoms. The maximum atomic E-state index is 13.8. The first-order valence-electron chi connectivity index (χ1n) is 6.37. The molecule has 3 nitrogen and oxygen atoms in total. The van der Waals surface area contributed by atoms with Gasteiger partial charge in [-0.05, 0) is 24.7 Å². The second-order valence-electron chi connectivity index (χ2n) is 4.28. The number of pyridine rings is 1. The van der Waals surface area contributed by atoms with Crippen LogP contribution >= 0.6 is 0 Å². The van der Waals surface area contributed by atoms with E-state index in [4.69, 9.17) is 0 Å². The Morgan fingerprint density at radius 1 is 1.21 bits per heavy atom. The molecule has 0 unspecified atom stereocenters. The van der Waals surface area contributed by atoms with Crippen molar-refractivity contribution in [1.29, 1.82) is 0 Å². The fourth-order valence-electron chi connectivity index (χ4n) is 1.97. The van der Waals surface area contributed by atoms with E-state index in [1.54, 1.807) is 23.2 Å². The van der Waals surface area contributed by atoms with Gasteiger partial charge in [-0.25, -0.2) is 9.37 Å². The van der Waals surface area contributed by atoms with Gasteiger partial charge in [0, 0.05) is 25.4 Å². The van der Waals surface area contributed by atoms with Gasteiger partial charge in [0.1, 0.15) is 11.6 Å². The van der Waals surface area contributed by atoms with Crippen molar-refractivity contribution in [2.75, 3.05) is 18.5 Å². The number of nitrogens with zero attached hydrogens (tertiary/aromatic N) is 2. The summed E-state index contributed by atoms with van der Waals surface area (Å²) in [4.78, 5) is 6.15. The van der Waals surface area contributed by atoms with Gasteiger partial charge in [-0.1, -0.05) is 25.1 Å². The molecule has 0 radical (unpaired) electrons. The molecular weight excluding hydrogens is 241 g/mol. The Kier molecular flexibility index (Phi) is 4.47. The highest BCUT2D eigenvalue weighted by Crippen LogP contribution is 2.26. The van der Waals surface area contributed by atoms with Crippen molar-refractivity contribution >= 4 is 11.5 Å². The average molecular weight is 259 g/mol. The lowest BCUT2D eigenvalue weighted by atomic mass is 10.2. The van der Waals surface area contributed by atoms with Crippen LogP contribution < -0.4 is 10.2 Å². The summed E-state index contributed by atoms with van der Waals surface area (Å²) in [6.45, 7) is 3.66. The number of benzene rings is 1. The van der Waals surface area contributed by atoms with Crippen LogP contribution in [0.2, 0.25) is 0 Å². The third-order valence-corrected chi connectivity index (χ3v) is 2.96. The van der Waals surface area contributed by atoms with Crippen molar-refractivity contribution in [2.45, 2.75) is 13.5 Å². The number of hydrogen-bond acceptors (Lipinski definition) is 3. The molecule has 1 heterocycles. The van der Waals surface area contributed by atoms with E-state index >= 15 is 0 Å². The van der Waals surface area contributed by atoms with E-state index in [2.05, 4.69) is 17.2 Å². The van der Waals surface area contributed by atoms with Crippen molar-refractivity contribution in [3.8, 4) is 0 Å². The van der Waals surface area contributed by atoms with E-state index in [1.807, 2.05) is 25.2 Å². The van der Waals surface area contributed by atoms with Crippen molar-refractivity contribution in [2.24, 2.45) is 0 Å². The van der Waals surface area contributed by atoms with E-state index in [1.165, 1.54) is 6.07 Å². The summed E-state index contributed by atoms with van der Waals surface area (Å²) in [5, 5.41) is 3.27. The zero-order valence-electron chi connectivity index (χ0n) is 11.2. The molecule has 0 spiro atoms. The van der Waals surface area contributed by atoms with Gasteiger partial charge < -0.3 is 10.2 Å². The first-order valence-corrected chi connectivity index (χ1v) is 6.37. The van der Waals surface area contributed by atoms with Crippen LogP contribution in [0.1, 0.15) is 12.5 Å². The molecule has 100 valence electrons. The molecule has 1 aromatic carbocycles. The maximum absolute atomic E-state index is 13.8. The monoisotopic (exact) mass is 259 g/mol. The molecule has 0 aliphatic heterocycles. The van der Waals surface area contributed by atoms with Crippen LogP contribution in [0.4, 0.5) is 15.9 Å². The van der Waals surface area contributed by atoms with Crippen LogP contribution in [0.3, 0.4) is 0 Å². The van der Waals surface area contributed by atoms with Gasteiger partial charge in [0.25, 0.3) is 0 Å². The van der Waals surface area contributed by atoms with Crippen molar-refractivity contribution in [3.63, 3.8) is 0 Å². The Bertz CT molecular complexity index is 542. The van der Waals surface area contributed by atoms with Gasteiger partial charge in [0.15, 0.2) is 0 Å². The van der Waals surface area contributed by atoms with Gasteiger partial charge >= 0.3 is 0 Å². The first-order chi connectivity index (χ1) is 9.24. The first kappa shape index (κ1) is 13.5. The minimum absolute atomic E-state index is 0.245. The minimum Gasteiger partial charge on any atom is -0.327 e. The van der Waals surface area contributed by atoms with Gasteiger partial charge in [-0.15, -0.1) is 0 Å². The molecule has 1 N–H and O–H groups in total. The number of anilines is 2. The van der Waals surface area contributed by atoms with Crippen LogP contribution in [0.15, 0.2) is 42.6 Å². The second kappa shape index (κ2) is 6.29. The number of hydrogen-bond donors (Lipinski definition) is 1. The molecule has 4 heteroatoms. The van der Waals surface area contributed by atoms with Gasteiger partial charge in [0.05, 0.1) is 5.69 Å². The van der Waals surface area contributed by atoms with E-state index in [0.717, 1.165) is 24.5 Å². The van der Waals surface area contributed by atoms with Gasteiger partial charge in [-0.2, -0.15) is 0 Å². The number of rotatable bonds is 5. The fraction of sp³-hybridized carbons (Fsp3) is 0.267. The Morgan fingerprint density at radius 2 is 2.00 bits per heavy atom.